The number of rotatable bonds is 5. The minimum absolute atomic E-state index is 0.0700. The molecular formula is C20H13F4I3O7S. The first kappa shape index (κ1) is 28.8. The van der Waals surface area contributed by atoms with E-state index in [0.29, 0.717) is 22.0 Å². The molecule has 2 aromatic rings. The zero-order valence-electron chi connectivity index (χ0n) is 17.1. The lowest BCUT2D eigenvalue weighted by Gasteiger charge is -2.28. The van der Waals surface area contributed by atoms with E-state index in [9.17, 15) is 35.6 Å². The highest BCUT2D eigenvalue weighted by molar-refractivity contribution is 14.1. The molecule has 2 aromatic carbocycles. The lowest BCUT2D eigenvalue weighted by atomic mass is 9.87. The van der Waals surface area contributed by atoms with Gasteiger partial charge < -0.3 is 9.47 Å². The fraction of sp³-hybridized carbons (Fsp3) is 0.300. The molecule has 7 nitrogen and oxygen atoms in total. The molecule has 0 saturated heterocycles. The molecule has 2 atom stereocenters. The molecular weight excluding hydrogens is 841 g/mol. The Bertz CT molecular complexity index is 1290. The fourth-order valence-corrected chi connectivity index (χ4v) is 6.49. The standard InChI is InChI=1S/C20H13F4I3O7S/c21-12-14(23)18(35(30,31)32)15(24)13(22)17(12)34-19(28)7-2-1-3-9(4-7)33-20(29)10-5-8(25)6-11(26)16(10)27/h5-7,9H,1-4H2,(H,30,31,32). The number of benzene rings is 2. The van der Waals surface area contributed by atoms with Crippen molar-refractivity contribution in [1.29, 1.82) is 0 Å². The van der Waals surface area contributed by atoms with Gasteiger partial charge in [0.1, 0.15) is 6.10 Å². The zero-order chi connectivity index (χ0) is 26.2. The molecule has 0 amide bonds. The topological polar surface area (TPSA) is 107 Å². The highest BCUT2D eigenvalue weighted by Crippen LogP contribution is 2.35. The van der Waals surface area contributed by atoms with Crippen molar-refractivity contribution in [2.24, 2.45) is 5.92 Å². The minimum atomic E-state index is -5.65. The average Bonchev–Trinajstić information content (AvgIpc) is 2.77. The van der Waals surface area contributed by atoms with Crippen molar-refractivity contribution in [3.63, 3.8) is 0 Å². The summed E-state index contributed by atoms with van der Waals surface area (Å²) in [5.74, 6) is -14.1. The van der Waals surface area contributed by atoms with E-state index in [4.69, 9.17) is 9.29 Å². The second-order valence-electron chi connectivity index (χ2n) is 7.45. The van der Waals surface area contributed by atoms with Crippen LogP contribution in [-0.4, -0.2) is 31.0 Å². The number of hydrogen-bond acceptors (Lipinski definition) is 6. The maximum Gasteiger partial charge on any atom is 0.339 e. The summed E-state index contributed by atoms with van der Waals surface area (Å²) in [5, 5.41) is 0. The number of esters is 2. The molecule has 0 aliphatic heterocycles. The van der Waals surface area contributed by atoms with Crippen LogP contribution in [0.25, 0.3) is 0 Å². The van der Waals surface area contributed by atoms with Gasteiger partial charge in [0.25, 0.3) is 0 Å². The van der Waals surface area contributed by atoms with Crippen LogP contribution in [0.5, 0.6) is 5.75 Å². The lowest BCUT2D eigenvalue weighted by molar-refractivity contribution is -0.142. The summed E-state index contributed by atoms with van der Waals surface area (Å²) in [6.45, 7) is 0. The molecule has 0 heterocycles. The average molecular weight is 854 g/mol. The van der Waals surface area contributed by atoms with E-state index in [2.05, 4.69) is 49.9 Å². The molecule has 1 aliphatic rings. The van der Waals surface area contributed by atoms with Crippen LogP contribution in [0.15, 0.2) is 17.0 Å². The monoisotopic (exact) mass is 854 g/mol. The van der Waals surface area contributed by atoms with Gasteiger partial charge in [-0.2, -0.15) is 17.2 Å². The second-order valence-corrected chi connectivity index (χ2v) is 12.3. The first-order chi connectivity index (χ1) is 16.2. The van der Waals surface area contributed by atoms with E-state index < -0.39 is 68.0 Å². The van der Waals surface area contributed by atoms with Crippen molar-refractivity contribution < 1.29 is 49.6 Å². The summed E-state index contributed by atoms with van der Waals surface area (Å²) in [6.07, 6.45) is 0.170. The van der Waals surface area contributed by atoms with Crippen LogP contribution in [0.4, 0.5) is 17.6 Å². The number of hydrogen-bond donors (Lipinski definition) is 1. The summed E-state index contributed by atoms with van der Waals surface area (Å²) in [5.41, 5.74) is 0.334. The number of ether oxygens (including phenoxy) is 2. The first-order valence-electron chi connectivity index (χ1n) is 9.63. The van der Waals surface area contributed by atoms with E-state index in [-0.39, 0.29) is 12.8 Å². The molecule has 2 unspecified atom stereocenters. The molecule has 0 bridgehead atoms. The number of carbonyl (C=O) groups is 2. The predicted octanol–water partition coefficient (Wildman–Crippen LogP) is 5.62. The largest absolute Gasteiger partial charge is 0.459 e. The van der Waals surface area contributed by atoms with Crippen LogP contribution in [0.1, 0.15) is 36.0 Å². The molecule has 1 fully saturated rings. The first-order valence-corrected chi connectivity index (χ1v) is 14.3. The van der Waals surface area contributed by atoms with Gasteiger partial charge in [-0.25, -0.2) is 13.6 Å². The van der Waals surface area contributed by atoms with Crippen molar-refractivity contribution in [3.8, 4) is 5.75 Å². The van der Waals surface area contributed by atoms with Crippen LogP contribution < -0.4 is 4.74 Å². The second kappa shape index (κ2) is 11.3. The van der Waals surface area contributed by atoms with Gasteiger partial charge in [-0.05, 0) is 106 Å². The summed E-state index contributed by atoms with van der Waals surface area (Å²) < 4.78 is 99.6. The maximum atomic E-state index is 14.2. The van der Waals surface area contributed by atoms with Crippen molar-refractivity contribution in [2.45, 2.75) is 36.7 Å². The third-order valence-electron chi connectivity index (χ3n) is 5.09. The molecule has 15 heteroatoms. The van der Waals surface area contributed by atoms with Crippen molar-refractivity contribution in [3.05, 3.63) is 51.7 Å². The van der Waals surface area contributed by atoms with Crippen molar-refractivity contribution in [1.82, 2.24) is 0 Å². The normalized spacial score (nSPS) is 18.3. The van der Waals surface area contributed by atoms with Gasteiger partial charge >= 0.3 is 22.1 Å². The Morgan fingerprint density at radius 3 is 2.14 bits per heavy atom. The van der Waals surface area contributed by atoms with E-state index in [1.807, 2.05) is 28.7 Å². The van der Waals surface area contributed by atoms with Crippen LogP contribution in [0.3, 0.4) is 0 Å². The van der Waals surface area contributed by atoms with Gasteiger partial charge in [-0.3, -0.25) is 9.35 Å². The van der Waals surface area contributed by atoms with Gasteiger partial charge in [0.15, 0.2) is 16.5 Å². The fourth-order valence-electron chi connectivity index (χ4n) is 3.48. The maximum absolute atomic E-state index is 14.2. The molecule has 1 aliphatic carbocycles. The molecule has 190 valence electrons. The third-order valence-corrected chi connectivity index (χ3v) is 9.63. The van der Waals surface area contributed by atoms with Gasteiger partial charge in [0.2, 0.25) is 17.4 Å². The summed E-state index contributed by atoms with van der Waals surface area (Å²) in [7, 11) is -5.65. The smallest absolute Gasteiger partial charge is 0.339 e. The zero-order valence-corrected chi connectivity index (χ0v) is 24.4. The van der Waals surface area contributed by atoms with Gasteiger partial charge in [-0.1, -0.05) is 0 Å². The molecule has 0 aromatic heterocycles. The van der Waals surface area contributed by atoms with Gasteiger partial charge in [0.05, 0.1) is 11.5 Å². The summed E-state index contributed by atoms with van der Waals surface area (Å²) in [4.78, 5) is 23.0. The number of carbonyl (C=O) groups excluding carboxylic acids is 2. The summed E-state index contributed by atoms with van der Waals surface area (Å²) >= 11 is 6.13. The van der Waals surface area contributed by atoms with E-state index in [1.165, 1.54) is 0 Å². The van der Waals surface area contributed by atoms with Crippen LogP contribution >= 0.6 is 67.8 Å². The Morgan fingerprint density at radius 1 is 0.971 bits per heavy atom. The Morgan fingerprint density at radius 2 is 1.57 bits per heavy atom. The predicted molar refractivity (Wildman–Crippen MR) is 137 cm³/mol. The molecule has 0 radical (unpaired) electrons. The highest BCUT2D eigenvalue weighted by atomic mass is 127. The Balaban J connectivity index is 1.77. The van der Waals surface area contributed by atoms with Crippen LogP contribution in [0.2, 0.25) is 0 Å². The highest BCUT2D eigenvalue weighted by Gasteiger charge is 2.36. The third kappa shape index (κ3) is 6.38. The Kier molecular flexibility index (Phi) is 9.29. The minimum Gasteiger partial charge on any atom is -0.459 e. The van der Waals surface area contributed by atoms with E-state index in [0.717, 1.165) is 7.14 Å². The molecule has 35 heavy (non-hydrogen) atoms. The lowest BCUT2D eigenvalue weighted by Crippen LogP contribution is -2.32. The van der Waals surface area contributed by atoms with E-state index in [1.54, 1.807) is 6.07 Å². The molecule has 1 N–H and O–H groups in total. The SMILES string of the molecule is O=C(OC1CCCC(C(=O)Oc2c(F)c(F)c(S(=O)(=O)O)c(F)c2F)C1)c1cc(I)cc(I)c1I. The van der Waals surface area contributed by atoms with Crippen molar-refractivity contribution >= 4 is 89.8 Å². The molecule has 3 rings (SSSR count). The summed E-state index contributed by atoms with van der Waals surface area (Å²) in [6, 6.07) is 3.52. The van der Waals surface area contributed by atoms with Gasteiger partial charge in [0, 0.05) is 10.7 Å². The van der Waals surface area contributed by atoms with Gasteiger partial charge in [-0.15, -0.1) is 0 Å². The van der Waals surface area contributed by atoms with Crippen molar-refractivity contribution in [2.75, 3.05) is 0 Å². The van der Waals surface area contributed by atoms with Crippen LogP contribution in [0, 0.1) is 39.9 Å². The molecule has 0 spiro atoms. The van der Waals surface area contributed by atoms with E-state index >= 15 is 0 Å². The Labute approximate surface area is 237 Å². The van der Waals surface area contributed by atoms with Crippen LogP contribution in [-0.2, 0) is 19.6 Å². The molecule has 1 saturated carbocycles. The quantitative estimate of drug-likeness (QED) is 0.104. The number of halogens is 7. The Hall–Kier alpha value is -0.800.